The van der Waals surface area contributed by atoms with Crippen LogP contribution in [0.15, 0.2) is 0 Å². The van der Waals surface area contributed by atoms with Crippen LogP contribution < -0.4 is 5.32 Å². The molecule has 0 aliphatic heterocycles. The van der Waals surface area contributed by atoms with Crippen molar-refractivity contribution in [2.24, 2.45) is 5.92 Å². The Morgan fingerprint density at radius 2 is 1.93 bits per heavy atom. The highest BCUT2D eigenvalue weighted by atomic mass is 16.5. The van der Waals surface area contributed by atoms with Gasteiger partial charge in [-0.25, -0.2) is 0 Å². The van der Waals surface area contributed by atoms with Gasteiger partial charge in [0.15, 0.2) is 0 Å². The van der Waals surface area contributed by atoms with Gasteiger partial charge >= 0.3 is 0 Å². The first-order valence-electron chi connectivity index (χ1n) is 5.47. The third-order valence-electron chi connectivity index (χ3n) is 2.08. The van der Waals surface area contributed by atoms with E-state index in [1.54, 1.807) is 7.11 Å². The standard InChI is InChI=1S/C11H26N2O/c1-10(2)8-13(4)7-6-12-11(3)9-14-5/h10-12H,6-9H2,1-5H3. The molecule has 0 aromatic heterocycles. The normalized spacial score (nSPS) is 13.9. The maximum Gasteiger partial charge on any atom is 0.0613 e. The Bertz CT molecular complexity index is 128. The molecule has 0 rings (SSSR count). The van der Waals surface area contributed by atoms with Crippen molar-refractivity contribution in [2.45, 2.75) is 26.8 Å². The van der Waals surface area contributed by atoms with Crippen LogP contribution in [0, 0.1) is 5.92 Å². The number of ether oxygens (including phenoxy) is 1. The van der Waals surface area contributed by atoms with Gasteiger partial charge in [0.05, 0.1) is 6.61 Å². The van der Waals surface area contributed by atoms with Crippen LogP contribution in [0.25, 0.3) is 0 Å². The molecule has 0 aliphatic rings. The molecule has 14 heavy (non-hydrogen) atoms. The third-order valence-corrected chi connectivity index (χ3v) is 2.08. The van der Waals surface area contributed by atoms with Gasteiger partial charge in [-0.2, -0.15) is 0 Å². The van der Waals surface area contributed by atoms with Gasteiger partial charge in [0.1, 0.15) is 0 Å². The fourth-order valence-electron chi connectivity index (χ4n) is 1.53. The van der Waals surface area contributed by atoms with E-state index in [0.717, 1.165) is 25.6 Å². The van der Waals surface area contributed by atoms with Crippen LogP contribution in [0.4, 0.5) is 0 Å². The summed E-state index contributed by atoms with van der Waals surface area (Å²) in [7, 11) is 3.91. The van der Waals surface area contributed by atoms with E-state index in [4.69, 9.17) is 4.74 Å². The summed E-state index contributed by atoms with van der Waals surface area (Å²) in [5, 5.41) is 3.42. The van der Waals surface area contributed by atoms with Gasteiger partial charge < -0.3 is 15.0 Å². The van der Waals surface area contributed by atoms with Gasteiger partial charge in [0, 0.05) is 32.8 Å². The summed E-state index contributed by atoms with van der Waals surface area (Å²) >= 11 is 0. The second-order valence-electron chi connectivity index (χ2n) is 4.47. The number of rotatable bonds is 8. The molecule has 0 saturated carbocycles. The minimum Gasteiger partial charge on any atom is -0.383 e. The van der Waals surface area contributed by atoms with Crippen LogP contribution in [-0.2, 0) is 4.74 Å². The molecule has 0 heterocycles. The summed E-state index contributed by atoms with van der Waals surface area (Å²) in [4.78, 5) is 2.36. The van der Waals surface area contributed by atoms with E-state index in [1.165, 1.54) is 6.54 Å². The fraction of sp³-hybridized carbons (Fsp3) is 1.00. The molecule has 0 aromatic carbocycles. The van der Waals surface area contributed by atoms with E-state index in [2.05, 4.69) is 38.0 Å². The van der Waals surface area contributed by atoms with Crippen LogP contribution in [0.1, 0.15) is 20.8 Å². The molecule has 0 radical (unpaired) electrons. The van der Waals surface area contributed by atoms with Crippen molar-refractivity contribution >= 4 is 0 Å². The average molecular weight is 202 g/mol. The summed E-state index contributed by atoms with van der Waals surface area (Å²) in [6, 6.07) is 0.451. The highest BCUT2D eigenvalue weighted by Crippen LogP contribution is 1.94. The number of hydrogen-bond acceptors (Lipinski definition) is 3. The molecule has 86 valence electrons. The lowest BCUT2D eigenvalue weighted by molar-refractivity contribution is 0.170. The van der Waals surface area contributed by atoms with Crippen LogP contribution in [0.3, 0.4) is 0 Å². The van der Waals surface area contributed by atoms with Gasteiger partial charge in [0.2, 0.25) is 0 Å². The summed E-state index contributed by atoms with van der Waals surface area (Å²) in [5.74, 6) is 0.747. The smallest absolute Gasteiger partial charge is 0.0613 e. The average Bonchev–Trinajstić information content (AvgIpc) is 2.02. The van der Waals surface area contributed by atoms with Crippen molar-refractivity contribution in [3.63, 3.8) is 0 Å². The zero-order valence-corrected chi connectivity index (χ0v) is 10.3. The topological polar surface area (TPSA) is 24.5 Å². The molecule has 1 atom stereocenters. The summed E-state index contributed by atoms with van der Waals surface area (Å²) in [6.07, 6.45) is 0. The molecule has 3 heteroatoms. The Morgan fingerprint density at radius 3 is 2.43 bits per heavy atom. The highest BCUT2D eigenvalue weighted by Gasteiger charge is 2.03. The number of nitrogens with zero attached hydrogens (tertiary/aromatic N) is 1. The summed E-state index contributed by atoms with van der Waals surface area (Å²) < 4.78 is 5.05. The molecular weight excluding hydrogens is 176 g/mol. The predicted octanol–water partition coefficient (Wildman–Crippen LogP) is 1.20. The Balaban J connectivity index is 3.34. The lowest BCUT2D eigenvalue weighted by Crippen LogP contribution is -2.37. The number of nitrogens with one attached hydrogen (secondary N) is 1. The fourth-order valence-corrected chi connectivity index (χ4v) is 1.53. The minimum absolute atomic E-state index is 0.451. The SMILES string of the molecule is COCC(C)NCCN(C)CC(C)C. The van der Waals surface area contributed by atoms with Crippen molar-refractivity contribution in [1.29, 1.82) is 0 Å². The molecule has 0 fully saturated rings. The first-order chi connectivity index (χ1) is 6.56. The number of methoxy groups -OCH3 is 1. The van der Waals surface area contributed by atoms with Crippen molar-refractivity contribution < 1.29 is 4.74 Å². The summed E-state index contributed by atoms with van der Waals surface area (Å²) in [5.41, 5.74) is 0. The monoisotopic (exact) mass is 202 g/mol. The number of hydrogen-bond donors (Lipinski definition) is 1. The molecule has 0 saturated heterocycles. The van der Waals surface area contributed by atoms with Crippen LogP contribution in [-0.4, -0.2) is 51.3 Å². The van der Waals surface area contributed by atoms with Crippen molar-refractivity contribution in [3.05, 3.63) is 0 Å². The molecule has 0 bridgehead atoms. The van der Waals surface area contributed by atoms with E-state index in [9.17, 15) is 0 Å². The van der Waals surface area contributed by atoms with Crippen molar-refractivity contribution in [3.8, 4) is 0 Å². The Morgan fingerprint density at radius 1 is 1.29 bits per heavy atom. The van der Waals surface area contributed by atoms with Crippen LogP contribution in [0.2, 0.25) is 0 Å². The van der Waals surface area contributed by atoms with Crippen LogP contribution >= 0.6 is 0 Å². The van der Waals surface area contributed by atoms with E-state index < -0.39 is 0 Å². The zero-order chi connectivity index (χ0) is 11.0. The Kier molecular flexibility index (Phi) is 8.14. The highest BCUT2D eigenvalue weighted by molar-refractivity contribution is 4.62. The van der Waals surface area contributed by atoms with E-state index in [1.807, 2.05) is 0 Å². The van der Waals surface area contributed by atoms with Crippen LogP contribution in [0.5, 0.6) is 0 Å². The Hall–Kier alpha value is -0.120. The van der Waals surface area contributed by atoms with Gasteiger partial charge in [0.25, 0.3) is 0 Å². The maximum absolute atomic E-state index is 5.05. The van der Waals surface area contributed by atoms with Gasteiger partial charge in [-0.1, -0.05) is 13.8 Å². The zero-order valence-electron chi connectivity index (χ0n) is 10.3. The van der Waals surface area contributed by atoms with Gasteiger partial charge in [-0.15, -0.1) is 0 Å². The third kappa shape index (κ3) is 8.48. The molecule has 0 aromatic rings. The van der Waals surface area contributed by atoms with Crippen molar-refractivity contribution in [2.75, 3.05) is 40.4 Å². The molecular formula is C11H26N2O. The molecule has 1 N–H and O–H groups in total. The molecule has 1 unspecified atom stereocenters. The Labute approximate surface area is 88.8 Å². The van der Waals surface area contributed by atoms with E-state index in [0.29, 0.717) is 6.04 Å². The second kappa shape index (κ2) is 8.21. The van der Waals surface area contributed by atoms with Gasteiger partial charge in [-0.3, -0.25) is 0 Å². The van der Waals surface area contributed by atoms with Gasteiger partial charge in [-0.05, 0) is 19.9 Å². The second-order valence-corrected chi connectivity index (χ2v) is 4.47. The van der Waals surface area contributed by atoms with E-state index >= 15 is 0 Å². The van der Waals surface area contributed by atoms with Crippen molar-refractivity contribution in [1.82, 2.24) is 10.2 Å². The first kappa shape index (κ1) is 13.9. The lowest BCUT2D eigenvalue weighted by Gasteiger charge is -2.20. The minimum atomic E-state index is 0.451. The first-order valence-corrected chi connectivity index (χ1v) is 5.47. The largest absolute Gasteiger partial charge is 0.383 e. The maximum atomic E-state index is 5.05. The lowest BCUT2D eigenvalue weighted by atomic mass is 10.2. The number of likely N-dealkylation sites (N-methyl/N-ethyl adjacent to an activating group) is 1. The predicted molar refractivity (Wildman–Crippen MR) is 61.7 cm³/mol. The van der Waals surface area contributed by atoms with E-state index in [-0.39, 0.29) is 0 Å². The molecule has 0 aliphatic carbocycles. The molecule has 0 amide bonds. The quantitative estimate of drug-likeness (QED) is 0.640. The summed E-state index contributed by atoms with van der Waals surface area (Å²) in [6.45, 7) is 10.7. The molecule has 0 spiro atoms. The molecule has 3 nitrogen and oxygen atoms in total.